The van der Waals surface area contributed by atoms with Crippen molar-refractivity contribution in [2.24, 2.45) is 0 Å². The van der Waals surface area contributed by atoms with Crippen molar-refractivity contribution in [2.75, 3.05) is 17.8 Å². The van der Waals surface area contributed by atoms with Gasteiger partial charge in [-0.05, 0) is 36.6 Å². The third-order valence-electron chi connectivity index (χ3n) is 3.22. The lowest BCUT2D eigenvalue weighted by molar-refractivity contribution is 0.579. The van der Waals surface area contributed by atoms with Crippen LogP contribution in [0, 0.1) is 0 Å². The molecule has 4 nitrogen and oxygen atoms in total. The summed E-state index contributed by atoms with van der Waals surface area (Å²) in [6.07, 6.45) is 0. The second kappa shape index (κ2) is 6.59. The Kier molecular flexibility index (Phi) is 5.59. The Hall–Kier alpha value is -1.07. The molecule has 0 aromatic heterocycles. The molecule has 1 unspecified atom stereocenters. The molecule has 0 aliphatic carbocycles. The van der Waals surface area contributed by atoms with Gasteiger partial charge in [0.15, 0.2) is 0 Å². The number of hydrogen-bond acceptors (Lipinski definition) is 3. The zero-order chi connectivity index (χ0) is 15.4. The first-order valence-electron chi connectivity index (χ1n) is 6.99. The van der Waals surface area contributed by atoms with Gasteiger partial charge in [0, 0.05) is 12.2 Å². The molecule has 0 radical (unpaired) electrons. The van der Waals surface area contributed by atoms with Gasteiger partial charge in [-0.3, -0.25) is 4.72 Å². The Bertz CT molecular complexity index is 516. The molecule has 0 spiro atoms. The van der Waals surface area contributed by atoms with Crippen LogP contribution in [-0.4, -0.2) is 26.8 Å². The van der Waals surface area contributed by atoms with Gasteiger partial charge >= 0.3 is 0 Å². The molecule has 5 heteroatoms. The van der Waals surface area contributed by atoms with Crippen molar-refractivity contribution in [1.82, 2.24) is 5.32 Å². The lowest BCUT2D eigenvalue weighted by Gasteiger charge is -2.20. The molecule has 0 aliphatic rings. The van der Waals surface area contributed by atoms with Crippen LogP contribution in [-0.2, 0) is 15.4 Å². The SMILES string of the molecule is CCNCC(C)S(=O)(=O)Nc1ccc(C(C)(C)C)cc1. The average Bonchev–Trinajstić information content (AvgIpc) is 2.34. The number of anilines is 1. The van der Waals surface area contributed by atoms with E-state index in [1.54, 1.807) is 6.92 Å². The summed E-state index contributed by atoms with van der Waals surface area (Å²) in [7, 11) is -3.35. The van der Waals surface area contributed by atoms with Gasteiger partial charge < -0.3 is 5.32 Å². The summed E-state index contributed by atoms with van der Waals surface area (Å²) in [5, 5.41) is 2.58. The molecule has 0 heterocycles. The predicted octanol–water partition coefficient (Wildman–Crippen LogP) is 2.72. The van der Waals surface area contributed by atoms with Gasteiger partial charge in [0.2, 0.25) is 10.0 Å². The lowest BCUT2D eigenvalue weighted by Crippen LogP contribution is -2.34. The number of hydrogen-bond donors (Lipinski definition) is 2. The van der Waals surface area contributed by atoms with Gasteiger partial charge in [0.25, 0.3) is 0 Å². The van der Waals surface area contributed by atoms with Crippen LogP contribution >= 0.6 is 0 Å². The smallest absolute Gasteiger partial charge is 0.236 e. The van der Waals surface area contributed by atoms with E-state index < -0.39 is 15.3 Å². The van der Waals surface area contributed by atoms with E-state index >= 15 is 0 Å². The maximum absolute atomic E-state index is 12.1. The molecule has 114 valence electrons. The fraction of sp³-hybridized carbons (Fsp3) is 0.600. The first-order chi connectivity index (χ1) is 9.16. The van der Waals surface area contributed by atoms with E-state index in [2.05, 4.69) is 30.8 Å². The topological polar surface area (TPSA) is 58.2 Å². The maximum atomic E-state index is 12.1. The maximum Gasteiger partial charge on any atom is 0.236 e. The molecule has 1 aromatic carbocycles. The van der Waals surface area contributed by atoms with Crippen LogP contribution in [0.2, 0.25) is 0 Å². The van der Waals surface area contributed by atoms with Crippen molar-refractivity contribution in [1.29, 1.82) is 0 Å². The fourth-order valence-electron chi connectivity index (χ4n) is 1.76. The van der Waals surface area contributed by atoms with E-state index in [1.807, 2.05) is 31.2 Å². The molecule has 2 N–H and O–H groups in total. The summed E-state index contributed by atoms with van der Waals surface area (Å²) in [5.74, 6) is 0. The van der Waals surface area contributed by atoms with Gasteiger partial charge in [0.05, 0.1) is 5.25 Å². The Balaban J connectivity index is 2.78. The molecule has 0 bridgehead atoms. The Morgan fingerprint density at radius 3 is 2.15 bits per heavy atom. The highest BCUT2D eigenvalue weighted by Gasteiger charge is 2.20. The van der Waals surface area contributed by atoms with E-state index in [-0.39, 0.29) is 5.41 Å². The first kappa shape index (κ1) is 17.0. The van der Waals surface area contributed by atoms with E-state index in [4.69, 9.17) is 0 Å². The van der Waals surface area contributed by atoms with Gasteiger partial charge in [-0.15, -0.1) is 0 Å². The van der Waals surface area contributed by atoms with Crippen LogP contribution in [0.4, 0.5) is 5.69 Å². The molecular formula is C15H26N2O2S. The summed E-state index contributed by atoms with van der Waals surface area (Å²) >= 11 is 0. The van der Waals surface area contributed by atoms with E-state index in [1.165, 1.54) is 5.56 Å². The van der Waals surface area contributed by atoms with Crippen LogP contribution < -0.4 is 10.0 Å². The Morgan fingerprint density at radius 1 is 1.15 bits per heavy atom. The number of rotatable bonds is 6. The van der Waals surface area contributed by atoms with Gasteiger partial charge in [-0.1, -0.05) is 39.8 Å². The van der Waals surface area contributed by atoms with Crippen LogP contribution in [0.1, 0.15) is 40.2 Å². The largest absolute Gasteiger partial charge is 0.316 e. The second-order valence-electron chi connectivity index (χ2n) is 6.09. The number of sulfonamides is 1. The summed E-state index contributed by atoms with van der Waals surface area (Å²) in [6, 6.07) is 7.57. The third kappa shape index (κ3) is 4.80. The molecule has 1 rings (SSSR count). The van der Waals surface area contributed by atoms with Crippen LogP contribution in [0.25, 0.3) is 0 Å². The number of nitrogens with one attached hydrogen (secondary N) is 2. The average molecular weight is 298 g/mol. The van der Waals surface area contributed by atoms with E-state index in [0.29, 0.717) is 12.2 Å². The van der Waals surface area contributed by atoms with Gasteiger partial charge in [-0.25, -0.2) is 8.42 Å². The highest BCUT2D eigenvalue weighted by molar-refractivity contribution is 7.93. The minimum Gasteiger partial charge on any atom is -0.316 e. The van der Waals surface area contributed by atoms with Crippen LogP contribution in [0.3, 0.4) is 0 Å². The fourth-order valence-corrected chi connectivity index (χ4v) is 2.76. The molecule has 0 amide bonds. The summed E-state index contributed by atoms with van der Waals surface area (Å²) < 4.78 is 26.9. The molecule has 0 saturated heterocycles. The highest BCUT2D eigenvalue weighted by atomic mass is 32.2. The quantitative estimate of drug-likeness (QED) is 0.849. The minimum absolute atomic E-state index is 0.0652. The minimum atomic E-state index is -3.35. The molecule has 0 fully saturated rings. The van der Waals surface area contributed by atoms with Crippen molar-refractivity contribution in [3.05, 3.63) is 29.8 Å². The van der Waals surface area contributed by atoms with Crippen LogP contribution in [0.15, 0.2) is 24.3 Å². The van der Waals surface area contributed by atoms with E-state index in [9.17, 15) is 8.42 Å². The van der Waals surface area contributed by atoms with E-state index in [0.717, 1.165) is 6.54 Å². The molecule has 1 aromatic rings. The molecular weight excluding hydrogens is 272 g/mol. The standard InChI is InChI=1S/C15H26N2O2S/c1-6-16-11-12(2)20(18,19)17-14-9-7-13(8-10-14)15(3,4)5/h7-10,12,16-17H,6,11H2,1-5H3. The first-order valence-corrected chi connectivity index (χ1v) is 8.54. The van der Waals surface area contributed by atoms with Crippen molar-refractivity contribution < 1.29 is 8.42 Å². The summed E-state index contributed by atoms with van der Waals surface area (Å²) in [6.45, 7) is 11.3. The molecule has 1 atom stereocenters. The lowest BCUT2D eigenvalue weighted by atomic mass is 9.87. The monoisotopic (exact) mass is 298 g/mol. The third-order valence-corrected chi connectivity index (χ3v) is 4.97. The van der Waals surface area contributed by atoms with Crippen LogP contribution in [0.5, 0.6) is 0 Å². The Morgan fingerprint density at radius 2 is 1.70 bits per heavy atom. The van der Waals surface area contributed by atoms with Crippen molar-refractivity contribution in [3.63, 3.8) is 0 Å². The summed E-state index contributed by atoms with van der Waals surface area (Å²) in [4.78, 5) is 0. The predicted molar refractivity (Wildman–Crippen MR) is 85.7 cm³/mol. The number of benzene rings is 1. The molecule has 0 saturated carbocycles. The van der Waals surface area contributed by atoms with Crippen molar-refractivity contribution in [3.8, 4) is 0 Å². The Labute approximate surface area is 123 Å². The molecule has 0 aliphatic heterocycles. The van der Waals surface area contributed by atoms with Gasteiger partial charge in [0.1, 0.15) is 0 Å². The zero-order valence-electron chi connectivity index (χ0n) is 13.0. The zero-order valence-corrected chi connectivity index (χ0v) is 13.8. The second-order valence-corrected chi connectivity index (χ2v) is 8.19. The van der Waals surface area contributed by atoms with Crippen molar-refractivity contribution in [2.45, 2.75) is 45.3 Å². The summed E-state index contributed by atoms with van der Waals surface area (Å²) in [5.41, 5.74) is 1.86. The van der Waals surface area contributed by atoms with Crippen molar-refractivity contribution >= 4 is 15.7 Å². The van der Waals surface area contributed by atoms with Gasteiger partial charge in [-0.2, -0.15) is 0 Å². The highest BCUT2D eigenvalue weighted by Crippen LogP contribution is 2.24. The normalized spacial score (nSPS) is 14.1. The molecule has 20 heavy (non-hydrogen) atoms.